The first kappa shape index (κ1) is 13.4. The standard InChI is InChI=1S/C10H15NO3S3/c1-11(9-2-3-15-7-9)17(13,14)10-4-8(5-12)6-16-10/h4,6,9,12H,2-3,5,7H2,1H3. The van der Waals surface area contributed by atoms with Gasteiger partial charge in [-0.05, 0) is 29.2 Å². The van der Waals surface area contributed by atoms with Crippen molar-refractivity contribution in [2.45, 2.75) is 23.3 Å². The summed E-state index contributed by atoms with van der Waals surface area (Å²) in [6.45, 7) is -0.116. The zero-order chi connectivity index (χ0) is 12.5. The predicted molar refractivity (Wildman–Crippen MR) is 70.9 cm³/mol. The third-order valence-electron chi connectivity index (χ3n) is 2.87. The zero-order valence-electron chi connectivity index (χ0n) is 9.50. The summed E-state index contributed by atoms with van der Waals surface area (Å²) in [6.07, 6.45) is 0.915. The Hall–Kier alpha value is -0.0800. The second-order valence-electron chi connectivity index (χ2n) is 3.97. The van der Waals surface area contributed by atoms with Crippen molar-refractivity contribution in [1.29, 1.82) is 0 Å². The highest BCUT2D eigenvalue weighted by Gasteiger charge is 2.31. The lowest BCUT2D eigenvalue weighted by molar-refractivity contribution is 0.282. The molecule has 1 fully saturated rings. The average molecular weight is 293 g/mol. The molecule has 1 aliphatic heterocycles. The van der Waals surface area contributed by atoms with E-state index in [0.29, 0.717) is 9.77 Å². The van der Waals surface area contributed by atoms with Crippen LogP contribution < -0.4 is 0 Å². The molecule has 17 heavy (non-hydrogen) atoms. The van der Waals surface area contributed by atoms with Gasteiger partial charge < -0.3 is 5.11 Å². The Labute approximate surface area is 110 Å². The van der Waals surface area contributed by atoms with Crippen molar-refractivity contribution in [3.05, 3.63) is 17.0 Å². The summed E-state index contributed by atoms with van der Waals surface area (Å²) in [4.78, 5) is 0. The van der Waals surface area contributed by atoms with Gasteiger partial charge in [-0.15, -0.1) is 11.3 Å². The van der Waals surface area contributed by atoms with Crippen LogP contribution >= 0.6 is 23.1 Å². The Morgan fingerprint density at radius 3 is 2.88 bits per heavy atom. The van der Waals surface area contributed by atoms with Crippen molar-refractivity contribution < 1.29 is 13.5 Å². The maximum Gasteiger partial charge on any atom is 0.252 e. The number of sulfonamides is 1. The summed E-state index contributed by atoms with van der Waals surface area (Å²) in [5, 5.41) is 10.6. The largest absolute Gasteiger partial charge is 0.392 e. The number of aliphatic hydroxyl groups excluding tert-OH is 1. The molecule has 0 aliphatic carbocycles. The molecule has 1 aromatic heterocycles. The Kier molecular flexibility index (Phi) is 4.14. The lowest BCUT2D eigenvalue weighted by Gasteiger charge is -2.22. The van der Waals surface area contributed by atoms with Gasteiger partial charge in [-0.25, -0.2) is 8.42 Å². The summed E-state index contributed by atoms with van der Waals surface area (Å²) in [5.41, 5.74) is 0.655. The zero-order valence-corrected chi connectivity index (χ0v) is 11.9. The third kappa shape index (κ3) is 2.68. The first-order chi connectivity index (χ1) is 8.05. The van der Waals surface area contributed by atoms with Gasteiger partial charge in [0.15, 0.2) is 0 Å². The van der Waals surface area contributed by atoms with E-state index in [4.69, 9.17) is 5.11 Å². The van der Waals surface area contributed by atoms with E-state index in [0.717, 1.165) is 17.9 Å². The fraction of sp³-hybridized carbons (Fsp3) is 0.600. The summed E-state index contributed by atoms with van der Waals surface area (Å²) in [6, 6.07) is 1.66. The molecule has 1 saturated heterocycles. The first-order valence-electron chi connectivity index (χ1n) is 5.29. The molecule has 96 valence electrons. The SMILES string of the molecule is CN(C1CCSC1)S(=O)(=O)c1cc(CO)cs1. The van der Waals surface area contributed by atoms with E-state index in [9.17, 15) is 8.42 Å². The van der Waals surface area contributed by atoms with E-state index in [1.54, 1.807) is 30.3 Å². The average Bonchev–Trinajstić information content (AvgIpc) is 2.98. The highest BCUT2D eigenvalue weighted by molar-refractivity contribution is 7.99. The lowest BCUT2D eigenvalue weighted by Crippen LogP contribution is -2.36. The molecule has 1 atom stereocenters. The van der Waals surface area contributed by atoms with Crippen molar-refractivity contribution in [2.24, 2.45) is 0 Å². The molecule has 7 heteroatoms. The van der Waals surface area contributed by atoms with Gasteiger partial charge in [-0.1, -0.05) is 0 Å². The van der Waals surface area contributed by atoms with E-state index in [-0.39, 0.29) is 12.6 Å². The summed E-state index contributed by atoms with van der Waals surface area (Å²) >= 11 is 2.96. The van der Waals surface area contributed by atoms with Gasteiger partial charge in [0.2, 0.25) is 0 Å². The van der Waals surface area contributed by atoms with Gasteiger partial charge in [0.1, 0.15) is 4.21 Å². The Morgan fingerprint density at radius 1 is 1.59 bits per heavy atom. The molecule has 1 aromatic rings. The van der Waals surface area contributed by atoms with Crippen LogP contribution in [0, 0.1) is 0 Å². The molecule has 1 aliphatic rings. The van der Waals surface area contributed by atoms with E-state index in [1.807, 2.05) is 0 Å². The Balaban J connectivity index is 2.22. The monoisotopic (exact) mass is 293 g/mol. The Morgan fingerprint density at radius 2 is 2.35 bits per heavy atom. The smallest absolute Gasteiger partial charge is 0.252 e. The topological polar surface area (TPSA) is 57.6 Å². The van der Waals surface area contributed by atoms with Crippen LogP contribution in [0.25, 0.3) is 0 Å². The second kappa shape index (κ2) is 5.27. The van der Waals surface area contributed by atoms with Crippen LogP contribution in [0.4, 0.5) is 0 Å². The fourth-order valence-corrected chi connectivity index (χ4v) is 5.85. The van der Waals surface area contributed by atoms with Crippen LogP contribution in [0.2, 0.25) is 0 Å². The van der Waals surface area contributed by atoms with Crippen molar-refractivity contribution >= 4 is 33.1 Å². The van der Waals surface area contributed by atoms with Crippen LogP contribution in [-0.2, 0) is 16.6 Å². The van der Waals surface area contributed by atoms with Crippen LogP contribution in [0.15, 0.2) is 15.7 Å². The summed E-state index contributed by atoms with van der Waals surface area (Å²) in [5.74, 6) is 1.89. The molecule has 2 heterocycles. The number of aliphatic hydroxyl groups is 1. The first-order valence-corrected chi connectivity index (χ1v) is 8.77. The molecule has 0 spiro atoms. The molecule has 4 nitrogen and oxygen atoms in total. The molecule has 1 unspecified atom stereocenters. The number of nitrogens with zero attached hydrogens (tertiary/aromatic N) is 1. The van der Waals surface area contributed by atoms with Crippen LogP contribution in [0.5, 0.6) is 0 Å². The van der Waals surface area contributed by atoms with E-state index in [2.05, 4.69) is 0 Å². The maximum absolute atomic E-state index is 12.3. The van der Waals surface area contributed by atoms with Crippen LogP contribution in [0.1, 0.15) is 12.0 Å². The van der Waals surface area contributed by atoms with Gasteiger partial charge in [-0.3, -0.25) is 0 Å². The summed E-state index contributed by atoms with van der Waals surface area (Å²) in [7, 11) is -1.74. The number of hydrogen-bond acceptors (Lipinski definition) is 5. The lowest BCUT2D eigenvalue weighted by atomic mass is 10.3. The van der Waals surface area contributed by atoms with Gasteiger partial charge >= 0.3 is 0 Å². The Bertz CT molecular complexity index is 477. The van der Waals surface area contributed by atoms with E-state index in [1.165, 1.54) is 15.6 Å². The molecular formula is C10H15NO3S3. The second-order valence-corrected chi connectivity index (χ2v) is 8.26. The highest BCUT2D eigenvalue weighted by Crippen LogP contribution is 2.29. The number of hydrogen-bond donors (Lipinski definition) is 1. The minimum Gasteiger partial charge on any atom is -0.392 e. The van der Waals surface area contributed by atoms with Gasteiger partial charge in [0.05, 0.1) is 6.61 Å². The number of thioether (sulfide) groups is 1. The minimum atomic E-state index is -3.38. The predicted octanol–water partition coefficient (Wildman–Crippen LogP) is 1.37. The van der Waals surface area contributed by atoms with E-state index < -0.39 is 10.0 Å². The summed E-state index contributed by atoms with van der Waals surface area (Å²) < 4.78 is 26.4. The number of rotatable bonds is 4. The number of thiophene rings is 1. The molecule has 0 saturated carbocycles. The normalized spacial score (nSPS) is 21.2. The van der Waals surface area contributed by atoms with Crippen LogP contribution in [0.3, 0.4) is 0 Å². The van der Waals surface area contributed by atoms with Crippen molar-refractivity contribution in [3.63, 3.8) is 0 Å². The molecule has 0 amide bonds. The van der Waals surface area contributed by atoms with Crippen molar-refractivity contribution in [2.75, 3.05) is 18.6 Å². The molecule has 1 N–H and O–H groups in total. The van der Waals surface area contributed by atoms with Gasteiger partial charge in [0.25, 0.3) is 10.0 Å². The van der Waals surface area contributed by atoms with Crippen LogP contribution in [-0.4, -0.2) is 42.4 Å². The molecule has 0 radical (unpaired) electrons. The molecule has 0 bridgehead atoms. The third-order valence-corrected chi connectivity index (χ3v) is 7.38. The highest BCUT2D eigenvalue weighted by atomic mass is 32.2. The maximum atomic E-state index is 12.3. The van der Waals surface area contributed by atoms with Gasteiger partial charge in [-0.2, -0.15) is 16.1 Å². The van der Waals surface area contributed by atoms with Crippen molar-refractivity contribution in [3.8, 4) is 0 Å². The minimum absolute atomic E-state index is 0.102. The molecule has 0 aromatic carbocycles. The quantitative estimate of drug-likeness (QED) is 0.911. The fourth-order valence-electron chi connectivity index (χ4n) is 1.72. The van der Waals surface area contributed by atoms with E-state index >= 15 is 0 Å². The molecule has 2 rings (SSSR count). The molecular weight excluding hydrogens is 278 g/mol. The van der Waals surface area contributed by atoms with Gasteiger partial charge in [0, 0.05) is 18.8 Å². The van der Waals surface area contributed by atoms with Crippen molar-refractivity contribution in [1.82, 2.24) is 4.31 Å².